The molecule has 1 amide bonds. The summed E-state index contributed by atoms with van der Waals surface area (Å²) in [5.41, 5.74) is 0.745. The van der Waals surface area contributed by atoms with E-state index in [0.29, 0.717) is 22.1 Å². The molecule has 0 atom stereocenters. The average Bonchev–Trinajstić information content (AvgIpc) is 2.47. The van der Waals surface area contributed by atoms with Crippen molar-refractivity contribution in [3.63, 3.8) is 0 Å². The number of thiocarbonyl (C=S) groups is 1. The number of nitrogens with one attached hydrogen (secondary N) is 2. The summed E-state index contributed by atoms with van der Waals surface area (Å²) in [5, 5.41) is 6.24. The third kappa shape index (κ3) is 5.27. The maximum absolute atomic E-state index is 12.9. The molecule has 1 aromatic carbocycles. The number of hydrogen-bond donors (Lipinski definition) is 2. The Hall–Kier alpha value is -1.49. The molecule has 0 saturated heterocycles. The fourth-order valence-corrected chi connectivity index (χ4v) is 3.36. The highest BCUT2D eigenvalue weighted by molar-refractivity contribution is 7.80. The summed E-state index contributed by atoms with van der Waals surface area (Å²) < 4.78 is 12.9. The first-order valence-corrected chi connectivity index (χ1v) is 8.54. The van der Waals surface area contributed by atoms with Gasteiger partial charge in [-0.25, -0.2) is 4.39 Å². The zero-order valence-electron chi connectivity index (χ0n) is 14.0. The third-order valence-electron chi connectivity index (χ3n) is 4.62. The molecule has 0 aliphatic heterocycles. The molecule has 3 nitrogen and oxygen atoms in total. The molecule has 1 aliphatic carbocycles. The molecule has 1 aromatic rings. The van der Waals surface area contributed by atoms with Gasteiger partial charge in [0.1, 0.15) is 5.82 Å². The van der Waals surface area contributed by atoms with E-state index in [2.05, 4.69) is 31.4 Å². The molecule has 2 N–H and O–H groups in total. The van der Waals surface area contributed by atoms with Gasteiger partial charge in [0.15, 0.2) is 5.11 Å². The Morgan fingerprint density at radius 1 is 1.13 bits per heavy atom. The van der Waals surface area contributed by atoms with Gasteiger partial charge in [-0.05, 0) is 73.5 Å². The van der Waals surface area contributed by atoms with Gasteiger partial charge >= 0.3 is 0 Å². The zero-order valence-corrected chi connectivity index (χ0v) is 14.8. The summed E-state index contributed by atoms with van der Waals surface area (Å²) in [6.07, 6.45) is 4.48. The van der Waals surface area contributed by atoms with Crippen LogP contribution < -0.4 is 10.6 Å². The second kappa shape index (κ2) is 7.39. The first-order valence-electron chi connectivity index (χ1n) is 8.13. The number of benzene rings is 1. The molecule has 1 aliphatic rings. The SMILES string of the molecule is CC(C)(C)C1CCC(NC(=S)NC(=O)c2ccc(F)cc2)CC1. The van der Waals surface area contributed by atoms with Crippen LogP contribution in [-0.2, 0) is 0 Å². The van der Waals surface area contributed by atoms with Gasteiger partial charge in [-0.15, -0.1) is 0 Å². The van der Waals surface area contributed by atoms with E-state index in [9.17, 15) is 9.18 Å². The van der Waals surface area contributed by atoms with Crippen LogP contribution in [0.25, 0.3) is 0 Å². The van der Waals surface area contributed by atoms with Crippen LogP contribution in [0, 0.1) is 17.2 Å². The maximum Gasteiger partial charge on any atom is 0.257 e. The molecular weight excluding hydrogens is 311 g/mol. The van der Waals surface area contributed by atoms with Crippen LogP contribution in [0.5, 0.6) is 0 Å². The van der Waals surface area contributed by atoms with Gasteiger partial charge in [0.25, 0.3) is 5.91 Å². The average molecular weight is 336 g/mol. The number of carbonyl (C=O) groups excluding carboxylic acids is 1. The fraction of sp³-hybridized carbons (Fsp3) is 0.556. The highest BCUT2D eigenvalue weighted by Gasteiger charge is 2.29. The smallest absolute Gasteiger partial charge is 0.257 e. The molecule has 0 radical (unpaired) electrons. The van der Waals surface area contributed by atoms with E-state index in [4.69, 9.17) is 12.2 Å². The number of rotatable bonds is 2. The van der Waals surface area contributed by atoms with E-state index < -0.39 is 0 Å². The zero-order chi connectivity index (χ0) is 17.0. The summed E-state index contributed by atoms with van der Waals surface area (Å²) in [7, 11) is 0. The van der Waals surface area contributed by atoms with Crippen molar-refractivity contribution < 1.29 is 9.18 Å². The van der Waals surface area contributed by atoms with Crippen LogP contribution in [0.3, 0.4) is 0 Å². The van der Waals surface area contributed by atoms with E-state index in [1.165, 1.54) is 37.1 Å². The van der Waals surface area contributed by atoms with Crippen molar-refractivity contribution in [3.8, 4) is 0 Å². The summed E-state index contributed by atoms with van der Waals surface area (Å²) in [6, 6.07) is 5.73. The highest BCUT2D eigenvalue weighted by atomic mass is 32.1. The molecule has 1 fully saturated rings. The quantitative estimate of drug-likeness (QED) is 0.801. The van der Waals surface area contributed by atoms with E-state index in [1.54, 1.807) is 0 Å². The molecule has 126 valence electrons. The van der Waals surface area contributed by atoms with Crippen LogP contribution in [0.1, 0.15) is 56.8 Å². The fourth-order valence-electron chi connectivity index (χ4n) is 3.10. The monoisotopic (exact) mass is 336 g/mol. The number of halogens is 1. The normalized spacial score (nSPS) is 21.6. The Bertz CT molecular complexity index is 557. The molecule has 2 rings (SSSR count). The van der Waals surface area contributed by atoms with Crippen molar-refractivity contribution in [2.45, 2.75) is 52.5 Å². The van der Waals surface area contributed by atoms with Gasteiger partial charge in [-0.2, -0.15) is 0 Å². The summed E-state index contributed by atoms with van der Waals surface area (Å²) in [5.74, 6) is 0.0617. The summed E-state index contributed by atoms with van der Waals surface area (Å²) in [6.45, 7) is 6.87. The summed E-state index contributed by atoms with van der Waals surface area (Å²) >= 11 is 5.22. The second-order valence-electron chi connectivity index (χ2n) is 7.35. The standard InChI is InChI=1S/C18H25FN2OS/c1-18(2,3)13-6-10-15(11-7-13)20-17(23)21-16(22)12-4-8-14(19)9-5-12/h4-5,8-9,13,15H,6-7,10-11H2,1-3H3,(H2,20,21,22,23). The van der Waals surface area contributed by atoms with E-state index in [-0.39, 0.29) is 11.7 Å². The maximum atomic E-state index is 12.9. The van der Waals surface area contributed by atoms with Gasteiger partial charge in [-0.3, -0.25) is 10.1 Å². The van der Waals surface area contributed by atoms with Gasteiger partial charge in [0.05, 0.1) is 0 Å². The highest BCUT2D eigenvalue weighted by Crippen LogP contribution is 2.37. The number of carbonyl (C=O) groups is 1. The molecule has 0 aromatic heterocycles. The molecule has 0 bridgehead atoms. The van der Waals surface area contributed by atoms with Crippen LogP contribution in [0.4, 0.5) is 4.39 Å². The van der Waals surface area contributed by atoms with Crippen LogP contribution >= 0.6 is 12.2 Å². The minimum absolute atomic E-state index is 0.314. The molecule has 0 unspecified atom stereocenters. The lowest BCUT2D eigenvalue weighted by Gasteiger charge is -2.37. The molecule has 1 saturated carbocycles. The number of amides is 1. The Balaban J connectivity index is 1.79. The molecule has 0 heterocycles. The lowest BCUT2D eigenvalue weighted by Crippen LogP contribution is -2.46. The van der Waals surface area contributed by atoms with E-state index in [0.717, 1.165) is 18.8 Å². The Morgan fingerprint density at radius 2 is 1.70 bits per heavy atom. The van der Waals surface area contributed by atoms with Crippen molar-refractivity contribution in [3.05, 3.63) is 35.6 Å². The summed E-state index contributed by atoms with van der Waals surface area (Å²) in [4.78, 5) is 12.0. The lowest BCUT2D eigenvalue weighted by atomic mass is 9.71. The van der Waals surface area contributed by atoms with Gasteiger partial charge in [-0.1, -0.05) is 20.8 Å². The van der Waals surface area contributed by atoms with Crippen molar-refractivity contribution in [2.75, 3.05) is 0 Å². The predicted molar refractivity (Wildman–Crippen MR) is 94.8 cm³/mol. The predicted octanol–water partition coefficient (Wildman–Crippen LogP) is 4.03. The Kier molecular flexibility index (Phi) is 5.74. The second-order valence-corrected chi connectivity index (χ2v) is 7.76. The largest absolute Gasteiger partial charge is 0.360 e. The lowest BCUT2D eigenvalue weighted by molar-refractivity contribution is 0.0976. The molecule has 0 spiro atoms. The van der Waals surface area contributed by atoms with Gasteiger partial charge < -0.3 is 5.32 Å². The molecular formula is C18H25FN2OS. The minimum atomic E-state index is -0.363. The molecule has 5 heteroatoms. The Morgan fingerprint density at radius 3 is 2.22 bits per heavy atom. The van der Waals surface area contributed by atoms with Crippen LogP contribution in [0.15, 0.2) is 24.3 Å². The first kappa shape index (κ1) is 17.9. The van der Waals surface area contributed by atoms with Gasteiger partial charge in [0.2, 0.25) is 0 Å². The Labute approximate surface area is 143 Å². The van der Waals surface area contributed by atoms with E-state index in [1.807, 2.05) is 0 Å². The van der Waals surface area contributed by atoms with Gasteiger partial charge in [0, 0.05) is 11.6 Å². The number of hydrogen-bond acceptors (Lipinski definition) is 2. The first-order chi connectivity index (χ1) is 10.8. The topological polar surface area (TPSA) is 41.1 Å². The van der Waals surface area contributed by atoms with Crippen LogP contribution in [-0.4, -0.2) is 17.1 Å². The van der Waals surface area contributed by atoms with Crippen LogP contribution in [0.2, 0.25) is 0 Å². The minimum Gasteiger partial charge on any atom is -0.360 e. The third-order valence-corrected chi connectivity index (χ3v) is 4.84. The van der Waals surface area contributed by atoms with Crippen molar-refractivity contribution >= 4 is 23.2 Å². The van der Waals surface area contributed by atoms with Crippen molar-refractivity contribution in [2.24, 2.45) is 11.3 Å². The van der Waals surface area contributed by atoms with Crippen molar-refractivity contribution in [1.82, 2.24) is 10.6 Å². The molecule has 23 heavy (non-hydrogen) atoms. The van der Waals surface area contributed by atoms with Crippen molar-refractivity contribution in [1.29, 1.82) is 0 Å². The van der Waals surface area contributed by atoms with E-state index >= 15 is 0 Å².